The first kappa shape index (κ1) is 12.9. The van der Waals surface area contributed by atoms with Gasteiger partial charge in [-0.05, 0) is 20.9 Å². The molecule has 1 atom stereocenters. The van der Waals surface area contributed by atoms with Crippen molar-refractivity contribution in [3.05, 3.63) is 0 Å². The van der Waals surface area contributed by atoms with Crippen LogP contribution in [0.5, 0.6) is 0 Å². The van der Waals surface area contributed by atoms with E-state index in [1.54, 1.807) is 13.8 Å². The summed E-state index contributed by atoms with van der Waals surface area (Å²) in [6.07, 6.45) is -0.0303. The number of nitrogens with zero attached hydrogens (tertiary/aromatic N) is 1. The van der Waals surface area contributed by atoms with Gasteiger partial charge in [-0.25, -0.2) is 8.42 Å². The predicted octanol–water partition coefficient (Wildman–Crippen LogP) is -0.355. The van der Waals surface area contributed by atoms with E-state index in [1.807, 2.05) is 7.05 Å². The number of ether oxygens (including phenoxy) is 1. The smallest absolute Gasteiger partial charge is 0.216 e. The highest BCUT2D eigenvalue weighted by molar-refractivity contribution is 7.89. The molecule has 1 aliphatic rings. The summed E-state index contributed by atoms with van der Waals surface area (Å²) in [5, 5.41) is 2.64. The fourth-order valence-corrected chi connectivity index (χ4v) is 2.87. The summed E-state index contributed by atoms with van der Waals surface area (Å²) in [6, 6.07) is 0. The molecule has 0 bridgehead atoms. The molecule has 0 aliphatic carbocycles. The Morgan fingerprint density at radius 2 is 2.20 bits per heavy atom. The summed E-state index contributed by atoms with van der Waals surface area (Å²) in [7, 11) is -1.29. The van der Waals surface area contributed by atoms with E-state index in [4.69, 9.17) is 4.74 Å². The molecule has 1 saturated heterocycles. The number of rotatable bonds is 4. The highest BCUT2D eigenvalue weighted by atomic mass is 32.2. The van der Waals surface area contributed by atoms with Crippen molar-refractivity contribution in [1.82, 2.24) is 9.62 Å². The second-order valence-corrected chi connectivity index (χ2v) is 6.49. The van der Waals surface area contributed by atoms with Crippen LogP contribution in [0.2, 0.25) is 0 Å². The molecule has 6 heteroatoms. The van der Waals surface area contributed by atoms with Crippen molar-refractivity contribution in [3.63, 3.8) is 0 Å². The third kappa shape index (κ3) is 3.14. The van der Waals surface area contributed by atoms with E-state index < -0.39 is 10.0 Å². The molecular formula is C9H20N2O3S. The summed E-state index contributed by atoms with van der Waals surface area (Å²) < 4.78 is 30.8. The summed E-state index contributed by atoms with van der Waals surface area (Å²) >= 11 is 0. The van der Waals surface area contributed by atoms with Gasteiger partial charge in [0.2, 0.25) is 10.0 Å². The van der Waals surface area contributed by atoms with Crippen LogP contribution in [0.4, 0.5) is 0 Å². The Hall–Kier alpha value is -0.170. The van der Waals surface area contributed by atoms with E-state index in [0.717, 1.165) is 0 Å². The van der Waals surface area contributed by atoms with E-state index in [2.05, 4.69) is 5.32 Å². The molecule has 5 nitrogen and oxygen atoms in total. The Labute approximate surface area is 91.8 Å². The Kier molecular flexibility index (Phi) is 4.51. The molecular weight excluding hydrogens is 216 g/mol. The van der Waals surface area contributed by atoms with Crippen LogP contribution >= 0.6 is 0 Å². The van der Waals surface area contributed by atoms with E-state index in [-0.39, 0.29) is 11.4 Å². The van der Waals surface area contributed by atoms with Crippen LogP contribution in [0.15, 0.2) is 0 Å². The van der Waals surface area contributed by atoms with Crippen LogP contribution in [0.25, 0.3) is 0 Å². The maximum absolute atomic E-state index is 11.9. The minimum Gasteiger partial charge on any atom is -0.374 e. The highest BCUT2D eigenvalue weighted by Gasteiger charge is 2.30. The van der Waals surface area contributed by atoms with Gasteiger partial charge in [-0.3, -0.25) is 0 Å². The van der Waals surface area contributed by atoms with Gasteiger partial charge in [0.15, 0.2) is 0 Å². The van der Waals surface area contributed by atoms with Crippen molar-refractivity contribution in [3.8, 4) is 0 Å². The lowest BCUT2D eigenvalue weighted by atomic mass is 10.3. The zero-order chi connectivity index (χ0) is 11.5. The molecule has 1 heterocycles. The molecule has 0 aromatic heterocycles. The summed E-state index contributed by atoms with van der Waals surface area (Å²) in [5.74, 6) is 0. The van der Waals surface area contributed by atoms with Crippen LogP contribution in [0.1, 0.15) is 13.8 Å². The van der Waals surface area contributed by atoms with Crippen molar-refractivity contribution >= 4 is 10.0 Å². The average molecular weight is 236 g/mol. The lowest BCUT2D eigenvalue weighted by Gasteiger charge is -2.33. The van der Waals surface area contributed by atoms with Crippen LogP contribution in [-0.4, -0.2) is 57.4 Å². The van der Waals surface area contributed by atoms with Crippen LogP contribution in [0.3, 0.4) is 0 Å². The van der Waals surface area contributed by atoms with Crippen molar-refractivity contribution in [2.45, 2.75) is 25.2 Å². The van der Waals surface area contributed by atoms with Gasteiger partial charge in [-0.15, -0.1) is 0 Å². The van der Waals surface area contributed by atoms with E-state index >= 15 is 0 Å². The van der Waals surface area contributed by atoms with E-state index in [0.29, 0.717) is 26.2 Å². The highest BCUT2D eigenvalue weighted by Crippen LogP contribution is 2.13. The van der Waals surface area contributed by atoms with Crippen molar-refractivity contribution in [2.75, 3.05) is 33.3 Å². The summed E-state index contributed by atoms with van der Waals surface area (Å²) in [5.41, 5.74) is 0. The fourth-order valence-electron chi connectivity index (χ4n) is 1.57. The zero-order valence-electron chi connectivity index (χ0n) is 9.56. The van der Waals surface area contributed by atoms with Crippen LogP contribution in [0, 0.1) is 0 Å². The number of morpholine rings is 1. The molecule has 15 heavy (non-hydrogen) atoms. The first-order chi connectivity index (χ1) is 6.98. The standard InChI is InChI=1S/C9H20N2O3S/c1-8(2)15(12,13)11-4-5-14-9(7-11)6-10-3/h8-10H,4-7H2,1-3H3. The normalized spacial score (nSPS) is 24.7. The predicted molar refractivity (Wildman–Crippen MR) is 59.3 cm³/mol. The third-order valence-corrected chi connectivity index (χ3v) is 4.73. The maximum Gasteiger partial charge on any atom is 0.216 e. The summed E-state index contributed by atoms with van der Waals surface area (Å²) in [6.45, 7) is 5.51. The van der Waals surface area contributed by atoms with Crippen molar-refractivity contribution in [1.29, 1.82) is 0 Å². The molecule has 0 saturated carbocycles. The maximum atomic E-state index is 11.9. The molecule has 1 N–H and O–H groups in total. The van der Waals surface area contributed by atoms with E-state index in [9.17, 15) is 8.42 Å². The first-order valence-corrected chi connectivity index (χ1v) is 6.74. The zero-order valence-corrected chi connectivity index (χ0v) is 10.4. The van der Waals surface area contributed by atoms with Gasteiger partial charge in [-0.1, -0.05) is 0 Å². The number of hydrogen-bond donors (Lipinski definition) is 1. The molecule has 0 spiro atoms. The van der Waals surface area contributed by atoms with Crippen molar-refractivity contribution in [2.24, 2.45) is 0 Å². The van der Waals surface area contributed by atoms with Gasteiger partial charge < -0.3 is 10.1 Å². The molecule has 1 aliphatic heterocycles. The van der Waals surface area contributed by atoms with Crippen LogP contribution in [-0.2, 0) is 14.8 Å². The molecule has 0 aromatic carbocycles. The second kappa shape index (κ2) is 5.25. The largest absolute Gasteiger partial charge is 0.374 e. The minimum atomic E-state index is -3.13. The molecule has 90 valence electrons. The molecule has 1 unspecified atom stereocenters. The van der Waals surface area contributed by atoms with Gasteiger partial charge in [0, 0.05) is 19.6 Å². The second-order valence-electron chi connectivity index (χ2n) is 4.00. The van der Waals surface area contributed by atoms with Gasteiger partial charge in [0.1, 0.15) is 0 Å². The Bertz CT molecular complexity index is 288. The number of hydrogen-bond acceptors (Lipinski definition) is 4. The molecule has 0 aromatic rings. The lowest BCUT2D eigenvalue weighted by molar-refractivity contribution is 0.000635. The number of sulfonamides is 1. The van der Waals surface area contributed by atoms with E-state index in [1.165, 1.54) is 4.31 Å². The van der Waals surface area contributed by atoms with Crippen LogP contribution < -0.4 is 5.32 Å². The SMILES string of the molecule is CNCC1CN(S(=O)(=O)C(C)C)CCO1. The molecule has 0 radical (unpaired) electrons. The van der Waals surface area contributed by atoms with Gasteiger partial charge >= 0.3 is 0 Å². The van der Waals surface area contributed by atoms with Gasteiger partial charge in [-0.2, -0.15) is 4.31 Å². The Morgan fingerprint density at radius 3 is 2.73 bits per heavy atom. The fraction of sp³-hybridized carbons (Fsp3) is 1.00. The summed E-state index contributed by atoms with van der Waals surface area (Å²) in [4.78, 5) is 0. The van der Waals surface area contributed by atoms with Gasteiger partial charge in [0.05, 0.1) is 18.0 Å². The number of nitrogens with one attached hydrogen (secondary N) is 1. The first-order valence-electron chi connectivity index (χ1n) is 5.23. The Balaban J connectivity index is 2.64. The van der Waals surface area contributed by atoms with Gasteiger partial charge in [0.25, 0.3) is 0 Å². The minimum absolute atomic E-state index is 0.0303. The lowest BCUT2D eigenvalue weighted by Crippen LogP contribution is -2.50. The average Bonchev–Trinajstić information content (AvgIpc) is 2.18. The van der Waals surface area contributed by atoms with Crippen molar-refractivity contribution < 1.29 is 13.2 Å². The Morgan fingerprint density at radius 1 is 1.53 bits per heavy atom. The molecule has 0 amide bonds. The molecule has 1 fully saturated rings. The topological polar surface area (TPSA) is 58.6 Å². The number of likely N-dealkylation sites (N-methyl/N-ethyl adjacent to an activating group) is 1. The molecule has 1 rings (SSSR count). The third-order valence-electron chi connectivity index (χ3n) is 2.49. The monoisotopic (exact) mass is 236 g/mol. The quantitative estimate of drug-likeness (QED) is 0.724.